The lowest BCUT2D eigenvalue weighted by Gasteiger charge is -1.94. The van der Waals surface area contributed by atoms with Crippen LogP contribution < -0.4 is 0 Å². The molecule has 0 saturated heterocycles. The average Bonchev–Trinajstić information content (AvgIpc) is 2.73. The standard InChI is InChI=1S/C14H12N2/c1-11-7-14-8-13(9-16(14)10-15-11)12-5-3-2-4-6-12/h2-10H,1H3. The van der Waals surface area contributed by atoms with Gasteiger partial charge in [-0.15, -0.1) is 0 Å². The molecule has 3 aromatic rings. The van der Waals surface area contributed by atoms with Crippen molar-refractivity contribution in [2.45, 2.75) is 6.92 Å². The van der Waals surface area contributed by atoms with Gasteiger partial charge in [-0.25, -0.2) is 4.98 Å². The van der Waals surface area contributed by atoms with Gasteiger partial charge in [0.05, 0.1) is 6.33 Å². The highest BCUT2D eigenvalue weighted by molar-refractivity contribution is 5.70. The highest BCUT2D eigenvalue weighted by atomic mass is 14.9. The van der Waals surface area contributed by atoms with Crippen LogP contribution in [-0.4, -0.2) is 9.38 Å². The van der Waals surface area contributed by atoms with Gasteiger partial charge in [0, 0.05) is 23.0 Å². The largest absolute Gasteiger partial charge is 0.307 e. The lowest BCUT2D eigenvalue weighted by atomic mass is 10.1. The Labute approximate surface area is 94.2 Å². The van der Waals surface area contributed by atoms with Crippen LogP contribution >= 0.6 is 0 Å². The third-order valence-corrected chi connectivity index (χ3v) is 2.73. The lowest BCUT2D eigenvalue weighted by Crippen LogP contribution is -1.86. The zero-order valence-corrected chi connectivity index (χ0v) is 9.09. The minimum atomic E-state index is 1.05. The van der Waals surface area contributed by atoms with Gasteiger partial charge < -0.3 is 4.40 Å². The molecule has 2 aromatic heterocycles. The third kappa shape index (κ3) is 1.48. The maximum Gasteiger partial charge on any atom is 0.0994 e. The number of fused-ring (bicyclic) bond motifs is 1. The van der Waals surface area contributed by atoms with E-state index < -0.39 is 0 Å². The summed E-state index contributed by atoms with van der Waals surface area (Å²) in [4.78, 5) is 4.28. The van der Waals surface area contributed by atoms with Crippen LogP contribution in [0.3, 0.4) is 0 Å². The van der Waals surface area contributed by atoms with Gasteiger partial charge in [-0.05, 0) is 24.6 Å². The van der Waals surface area contributed by atoms with Gasteiger partial charge in [-0.1, -0.05) is 30.3 Å². The Morgan fingerprint density at radius 3 is 2.62 bits per heavy atom. The monoisotopic (exact) mass is 208 g/mol. The molecule has 0 atom stereocenters. The molecule has 78 valence electrons. The Morgan fingerprint density at radius 1 is 1.00 bits per heavy atom. The summed E-state index contributed by atoms with van der Waals surface area (Å²) in [6.45, 7) is 2.01. The van der Waals surface area contributed by atoms with E-state index in [1.54, 1.807) is 0 Å². The Hall–Kier alpha value is -2.09. The van der Waals surface area contributed by atoms with Gasteiger partial charge in [0.15, 0.2) is 0 Å². The molecule has 0 unspecified atom stereocenters. The predicted molar refractivity (Wildman–Crippen MR) is 65.4 cm³/mol. The summed E-state index contributed by atoms with van der Waals surface area (Å²) < 4.78 is 2.05. The maximum absolute atomic E-state index is 4.28. The quantitative estimate of drug-likeness (QED) is 0.599. The molecule has 0 saturated carbocycles. The highest BCUT2D eigenvalue weighted by Gasteiger charge is 2.01. The normalized spacial score (nSPS) is 10.8. The van der Waals surface area contributed by atoms with Crippen LogP contribution in [0.1, 0.15) is 5.69 Å². The van der Waals surface area contributed by atoms with Crippen molar-refractivity contribution in [2.75, 3.05) is 0 Å². The van der Waals surface area contributed by atoms with E-state index in [1.165, 1.54) is 16.6 Å². The number of aryl methyl sites for hydroxylation is 1. The van der Waals surface area contributed by atoms with Gasteiger partial charge in [0.2, 0.25) is 0 Å². The molecule has 2 heterocycles. The van der Waals surface area contributed by atoms with E-state index in [1.807, 2.05) is 19.3 Å². The Morgan fingerprint density at radius 2 is 1.81 bits per heavy atom. The van der Waals surface area contributed by atoms with E-state index in [0.29, 0.717) is 0 Å². The van der Waals surface area contributed by atoms with E-state index in [-0.39, 0.29) is 0 Å². The summed E-state index contributed by atoms with van der Waals surface area (Å²) >= 11 is 0. The summed E-state index contributed by atoms with van der Waals surface area (Å²) in [5.74, 6) is 0. The molecule has 0 amide bonds. The van der Waals surface area contributed by atoms with Gasteiger partial charge in [0.25, 0.3) is 0 Å². The van der Waals surface area contributed by atoms with Gasteiger partial charge in [-0.3, -0.25) is 0 Å². The third-order valence-electron chi connectivity index (χ3n) is 2.73. The van der Waals surface area contributed by atoms with Crippen molar-refractivity contribution in [2.24, 2.45) is 0 Å². The summed E-state index contributed by atoms with van der Waals surface area (Å²) in [5.41, 5.74) is 4.70. The second kappa shape index (κ2) is 3.49. The van der Waals surface area contributed by atoms with Crippen LogP contribution in [0.15, 0.2) is 55.0 Å². The summed E-state index contributed by atoms with van der Waals surface area (Å²) in [6, 6.07) is 14.7. The van der Waals surface area contributed by atoms with Gasteiger partial charge in [-0.2, -0.15) is 0 Å². The molecular weight excluding hydrogens is 196 g/mol. The first-order valence-corrected chi connectivity index (χ1v) is 5.33. The number of rotatable bonds is 1. The predicted octanol–water partition coefficient (Wildman–Crippen LogP) is 3.31. The summed E-state index contributed by atoms with van der Waals surface area (Å²) in [6.07, 6.45) is 3.97. The molecule has 0 fully saturated rings. The second-order valence-corrected chi connectivity index (χ2v) is 3.96. The van der Waals surface area contributed by atoms with Crippen LogP contribution in [0, 0.1) is 6.92 Å². The molecule has 0 aliphatic heterocycles. The molecule has 2 heteroatoms. The van der Waals surface area contributed by atoms with E-state index >= 15 is 0 Å². The Kier molecular flexibility index (Phi) is 2.00. The van der Waals surface area contributed by atoms with Crippen LogP contribution in [0.25, 0.3) is 16.6 Å². The number of aromatic nitrogens is 2. The van der Waals surface area contributed by atoms with Crippen molar-refractivity contribution in [3.8, 4) is 11.1 Å². The van der Waals surface area contributed by atoms with Crippen LogP contribution in [-0.2, 0) is 0 Å². The maximum atomic E-state index is 4.28. The topological polar surface area (TPSA) is 17.3 Å². The average molecular weight is 208 g/mol. The molecule has 0 N–H and O–H groups in total. The van der Waals surface area contributed by atoms with E-state index in [0.717, 1.165) is 5.69 Å². The number of hydrogen-bond donors (Lipinski definition) is 0. The number of hydrogen-bond acceptors (Lipinski definition) is 1. The first-order valence-electron chi connectivity index (χ1n) is 5.33. The molecule has 0 bridgehead atoms. The van der Waals surface area contributed by atoms with Crippen molar-refractivity contribution < 1.29 is 0 Å². The molecule has 0 aliphatic carbocycles. The van der Waals surface area contributed by atoms with E-state index in [9.17, 15) is 0 Å². The van der Waals surface area contributed by atoms with Crippen molar-refractivity contribution in [3.63, 3.8) is 0 Å². The first-order chi connectivity index (χ1) is 7.83. The number of benzene rings is 1. The first kappa shape index (κ1) is 9.16. The van der Waals surface area contributed by atoms with E-state index in [2.05, 4.69) is 52.0 Å². The smallest absolute Gasteiger partial charge is 0.0994 e. The molecule has 1 aromatic carbocycles. The second-order valence-electron chi connectivity index (χ2n) is 3.96. The van der Waals surface area contributed by atoms with Crippen molar-refractivity contribution in [1.29, 1.82) is 0 Å². The SMILES string of the molecule is Cc1cc2cc(-c3ccccc3)cn2cn1. The number of nitrogens with zero attached hydrogens (tertiary/aromatic N) is 2. The molecule has 3 rings (SSSR count). The fourth-order valence-corrected chi connectivity index (χ4v) is 1.90. The van der Waals surface area contributed by atoms with Crippen molar-refractivity contribution in [1.82, 2.24) is 9.38 Å². The van der Waals surface area contributed by atoms with Gasteiger partial charge in [0.1, 0.15) is 0 Å². The molecule has 0 aliphatic rings. The van der Waals surface area contributed by atoms with Crippen LogP contribution in [0.5, 0.6) is 0 Å². The molecular formula is C14H12N2. The Bertz CT molecular complexity index is 624. The van der Waals surface area contributed by atoms with Crippen LogP contribution in [0.4, 0.5) is 0 Å². The fourth-order valence-electron chi connectivity index (χ4n) is 1.90. The van der Waals surface area contributed by atoms with E-state index in [4.69, 9.17) is 0 Å². The zero-order chi connectivity index (χ0) is 11.0. The minimum absolute atomic E-state index is 1.05. The zero-order valence-electron chi connectivity index (χ0n) is 9.09. The van der Waals surface area contributed by atoms with Gasteiger partial charge >= 0.3 is 0 Å². The highest BCUT2D eigenvalue weighted by Crippen LogP contribution is 2.22. The molecule has 0 radical (unpaired) electrons. The molecule has 2 nitrogen and oxygen atoms in total. The molecule has 0 spiro atoms. The summed E-state index contributed by atoms with van der Waals surface area (Å²) in [7, 11) is 0. The fraction of sp³-hybridized carbons (Fsp3) is 0.0714. The lowest BCUT2D eigenvalue weighted by molar-refractivity contribution is 1.05. The van der Waals surface area contributed by atoms with Crippen LogP contribution in [0.2, 0.25) is 0 Å². The molecule has 16 heavy (non-hydrogen) atoms. The Balaban J connectivity index is 2.19. The van der Waals surface area contributed by atoms with Crippen molar-refractivity contribution in [3.05, 3.63) is 60.7 Å². The van der Waals surface area contributed by atoms with Crippen molar-refractivity contribution >= 4 is 5.52 Å². The summed E-state index contributed by atoms with van der Waals surface area (Å²) in [5, 5.41) is 0. The minimum Gasteiger partial charge on any atom is -0.307 e.